The van der Waals surface area contributed by atoms with Crippen molar-refractivity contribution in [3.8, 4) is 11.4 Å². The van der Waals surface area contributed by atoms with E-state index in [0.717, 1.165) is 16.7 Å². The molecule has 0 radical (unpaired) electrons. The molecule has 0 spiro atoms. The molecule has 0 saturated heterocycles. The van der Waals surface area contributed by atoms with E-state index in [4.69, 9.17) is 4.74 Å². The first-order valence-electron chi connectivity index (χ1n) is 7.75. The zero-order chi connectivity index (χ0) is 17.8. The largest absolute Gasteiger partial charge is 0.495 e. The fourth-order valence-electron chi connectivity index (χ4n) is 2.54. The van der Waals surface area contributed by atoms with Gasteiger partial charge in [0.05, 0.1) is 30.4 Å². The van der Waals surface area contributed by atoms with Crippen LogP contribution in [0.4, 0.5) is 5.95 Å². The van der Waals surface area contributed by atoms with Gasteiger partial charge in [0.2, 0.25) is 17.8 Å². The molecule has 7 nitrogen and oxygen atoms in total. The van der Waals surface area contributed by atoms with Crippen LogP contribution in [-0.2, 0) is 9.59 Å². The summed E-state index contributed by atoms with van der Waals surface area (Å²) in [4.78, 5) is 27.6. The molecule has 0 fully saturated rings. The van der Waals surface area contributed by atoms with Crippen molar-refractivity contribution >= 4 is 28.8 Å². The maximum absolute atomic E-state index is 12.1. The number of imidazole rings is 1. The SMILES string of the molecule is COc1ccccc1-n1c(NC(=O)CNC(C)=O)nc2ccccc21. The van der Waals surface area contributed by atoms with Gasteiger partial charge in [0.1, 0.15) is 5.75 Å². The fourth-order valence-corrected chi connectivity index (χ4v) is 2.54. The number of benzene rings is 2. The second-order valence-corrected chi connectivity index (χ2v) is 5.39. The Morgan fingerprint density at radius 2 is 1.84 bits per heavy atom. The van der Waals surface area contributed by atoms with Crippen molar-refractivity contribution in [2.24, 2.45) is 0 Å². The van der Waals surface area contributed by atoms with Crippen molar-refractivity contribution in [2.45, 2.75) is 6.92 Å². The van der Waals surface area contributed by atoms with E-state index in [1.807, 2.05) is 53.1 Å². The first-order chi connectivity index (χ1) is 12.1. The number of aromatic nitrogens is 2. The maximum Gasteiger partial charge on any atom is 0.246 e. The number of methoxy groups -OCH3 is 1. The van der Waals surface area contributed by atoms with Crippen LogP contribution in [0, 0.1) is 0 Å². The Bertz CT molecular complexity index is 933. The molecule has 3 rings (SSSR count). The number of nitrogens with zero attached hydrogens (tertiary/aromatic N) is 2. The molecule has 0 unspecified atom stereocenters. The molecule has 3 aromatic rings. The van der Waals surface area contributed by atoms with Gasteiger partial charge in [0, 0.05) is 6.92 Å². The molecule has 0 atom stereocenters. The van der Waals surface area contributed by atoms with Crippen LogP contribution >= 0.6 is 0 Å². The number of hydrogen-bond donors (Lipinski definition) is 2. The number of ether oxygens (including phenoxy) is 1. The summed E-state index contributed by atoms with van der Waals surface area (Å²) in [6, 6.07) is 15.0. The molecule has 0 aliphatic rings. The van der Waals surface area contributed by atoms with Crippen LogP contribution in [0.1, 0.15) is 6.92 Å². The summed E-state index contributed by atoms with van der Waals surface area (Å²) in [6.45, 7) is 1.24. The molecule has 2 amide bonds. The number of rotatable bonds is 5. The third-order valence-corrected chi connectivity index (χ3v) is 3.64. The van der Waals surface area contributed by atoms with Gasteiger partial charge in [0.15, 0.2) is 0 Å². The van der Waals surface area contributed by atoms with Crippen LogP contribution in [0.5, 0.6) is 5.75 Å². The molecule has 7 heteroatoms. The Hall–Kier alpha value is -3.35. The van der Waals surface area contributed by atoms with Crippen molar-refractivity contribution in [1.29, 1.82) is 0 Å². The van der Waals surface area contributed by atoms with E-state index in [2.05, 4.69) is 15.6 Å². The van der Waals surface area contributed by atoms with E-state index < -0.39 is 0 Å². The average molecular weight is 338 g/mol. The molecule has 128 valence electrons. The molecule has 0 saturated carbocycles. The van der Waals surface area contributed by atoms with Gasteiger partial charge in [-0.15, -0.1) is 0 Å². The minimum atomic E-state index is -0.360. The van der Waals surface area contributed by atoms with Crippen molar-refractivity contribution in [3.05, 3.63) is 48.5 Å². The highest BCUT2D eigenvalue weighted by molar-refractivity contribution is 5.95. The highest BCUT2D eigenvalue weighted by Crippen LogP contribution is 2.30. The topological polar surface area (TPSA) is 85.2 Å². The zero-order valence-corrected chi connectivity index (χ0v) is 13.9. The lowest BCUT2D eigenvalue weighted by Gasteiger charge is -2.13. The van der Waals surface area contributed by atoms with Crippen molar-refractivity contribution < 1.29 is 14.3 Å². The predicted molar refractivity (Wildman–Crippen MR) is 94.9 cm³/mol. The molecular formula is C18H18N4O3. The number of hydrogen-bond acceptors (Lipinski definition) is 4. The van der Waals surface area contributed by atoms with E-state index in [1.54, 1.807) is 7.11 Å². The van der Waals surface area contributed by atoms with Gasteiger partial charge >= 0.3 is 0 Å². The third kappa shape index (κ3) is 3.45. The molecule has 25 heavy (non-hydrogen) atoms. The molecule has 2 aromatic carbocycles. The molecular weight excluding hydrogens is 320 g/mol. The van der Waals surface area contributed by atoms with Crippen molar-refractivity contribution in [1.82, 2.24) is 14.9 Å². The second-order valence-electron chi connectivity index (χ2n) is 5.39. The average Bonchev–Trinajstić information content (AvgIpc) is 2.97. The quantitative estimate of drug-likeness (QED) is 0.746. The van der Waals surface area contributed by atoms with E-state index in [1.165, 1.54) is 6.92 Å². The first-order valence-corrected chi connectivity index (χ1v) is 7.75. The number of carbonyl (C=O) groups is 2. The smallest absolute Gasteiger partial charge is 0.246 e. The Morgan fingerprint density at radius 3 is 2.60 bits per heavy atom. The zero-order valence-electron chi connectivity index (χ0n) is 13.9. The van der Waals surface area contributed by atoms with Crippen LogP contribution in [0.2, 0.25) is 0 Å². The van der Waals surface area contributed by atoms with Crippen LogP contribution < -0.4 is 15.4 Å². The lowest BCUT2D eigenvalue weighted by Crippen LogP contribution is -2.31. The summed E-state index contributed by atoms with van der Waals surface area (Å²) in [6.07, 6.45) is 0. The Labute approximate surface area is 144 Å². The van der Waals surface area contributed by atoms with E-state index in [9.17, 15) is 9.59 Å². The van der Waals surface area contributed by atoms with Crippen LogP contribution in [0.3, 0.4) is 0 Å². The molecule has 0 aliphatic carbocycles. The van der Waals surface area contributed by atoms with E-state index in [-0.39, 0.29) is 18.4 Å². The highest BCUT2D eigenvalue weighted by Gasteiger charge is 2.17. The summed E-state index contributed by atoms with van der Waals surface area (Å²) in [5, 5.41) is 5.22. The fraction of sp³-hybridized carbons (Fsp3) is 0.167. The normalized spacial score (nSPS) is 10.5. The van der Waals surface area contributed by atoms with Crippen molar-refractivity contribution in [3.63, 3.8) is 0 Å². The Morgan fingerprint density at radius 1 is 1.12 bits per heavy atom. The summed E-state index contributed by atoms with van der Waals surface area (Å²) >= 11 is 0. The molecule has 2 N–H and O–H groups in total. The summed E-state index contributed by atoms with van der Waals surface area (Å²) in [7, 11) is 1.59. The first kappa shape index (κ1) is 16.5. The van der Waals surface area contributed by atoms with Gasteiger partial charge in [-0.2, -0.15) is 0 Å². The Kier molecular flexibility index (Phi) is 4.65. The van der Waals surface area contributed by atoms with Gasteiger partial charge in [0.25, 0.3) is 0 Å². The van der Waals surface area contributed by atoms with Crippen LogP contribution in [0.15, 0.2) is 48.5 Å². The minimum absolute atomic E-state index is 0.121. The maximum atomic E-state index is 12.1. The van der Waals surface area contributed by atoms with Gasteiger partial charge in [-0.1, -0.05) is 24.3 Å². The lowest BCUT2D eigenvalue weighted by molar-refractivity contribution is -0.122. The third-order valence-electron chi connectivity index (χ3n) is 3.64. The van der Waals surface area contributed by atoms with Gasteiger partial charge in [-0.25, -0.2) is 4.98 Å². The molecule has 0 bridgehead atoms. The molecule has 1 aromatic heterocycles. The summed E-state index contributed by atoms with van der Waals surface area (Å²) < 4.78 is 7.26. The summed E-state index contributed by atoms with van der Waals surface area (Å²) in [5.41, 5.74) is 2.33. The molecule has 0 aliphatic heterocycles. The van der Waals surface area contributed by atoms with E-state index >= 15 is 0 Å². The molecule has 1 heterocycles. The number of anilines is 1. The standard InChI is InChI=1S/C18H18N4O3/c1-12(23)19-11-17(24)21-18-20-13-7-3-4-8-14(13)22(18)15-9-5-6-10-16(15)25-2/h3-10H,11H2,1-2H3,(H,19,23)(H,20,21,24). The number of fused-ring (bicyclic) bond motifs is 1. The monoisotopic (exact) mass is 338 g/mol. The van der Waals surface area contributed by atoms with Gasteiger partial charge in [-0.05, 0) is 24.3 Å². The van der Waals surface area contributed by atoms with Crippen molar-refractivity contribution in [2.75, 3.05) is 19.0 Å². The summed E-state index contributed by atoms with van der Waals surface area (Å²) in [5.74, 6) is 0.388. The van der Waals surface area contributed by atoms with Gasteiger partial charge in [-0.3, -0.25) is 19.5 Å². The Balaban J connectivity index is 2.06. The second kappa shape index (κ2) is 7.04. The number of para-hydroxylation sites is 4. The highest BCUT2D eigenvalue weighted by atomic mass is 16.5. The number of carbonyl (C=O) groups excluding carboxylic acids is 2. The van der Waals surface area contributed by atoms with Gasteiger partial charge < -0.3 is 10.1 Å². The number of amides is 2. The lowest BCUT2D eigenvalue weighted by atomic mass is 10.2. The predicted octanol–water partition coefficient (Wildman–Crippen LogP) is 2.11. The van der Waals surface area contributed by atoms with Crippen LogP contribution in [-0.4, -0.2) is 35.0 Å². The number of nitrogens with one attached hydrogen (secondary N) is 2. The van der Waals surface area contributed by atoms with E-state index in [0.29, 0.717) is 11.7 Å². The van der Waals surface area contributed by atoms with Crippen LogP contribution in [0.25, 0.3) is 16.7 Å². The minimum Gasteiger partial charge on any atom is -0.495 e.